The summed E-state index contributed by atoms with van der Waals surface area (Å²) in [5.74, 6) is -0.0471. The number of nitrogens with one attached hydrogen (secondary N) is 2. The van der Waals surface area contributed by atoms with Crippen LogP contribution in [0.2, 0.25) is 0 Å². The average molecular weight is 368 g/mol. The van der Waals surface area contributed by atoms with Gasteiger partial charge in [-0.25, -0.2) is 0 Å². The summed E-state index contributed by atoms with van der Waals surface area (Å²) in [4.78, 5) is 24.5. The SMILES string of the molecule is CC(C)(C)[C@H](N)C(=O)Nc1cccc(NC(=O)C2CCCCC2)c1.Cl. The second kappa shape index (κ2) is 9.20. The third-order valence-electron chi connectivity index (χ3n) is 4.59. The zero-order valence-electron chi connectivity index (χ0n) is 15.3. The van der Waals surface area contributed by atoms with Gasteiger partial charge in [-0.3, -0.25) is 9.59 Å². The first kappa shape index (κ1) is 21.5. The van der Waals surface area contributed by atoms with Crippen molar-refractivity contribution in [3.63, 3.8) is 0 Å². The molecule has 0 radical (unpaired) electrons. The van der Waals surface area contributed by atoms with Gasteiger partial charge in [-0.15, -0.1) is 12.4 Å². The Morgan fingerprint density at radius 2 is 1.64 bits per heavy atom. The van der Waals surface area contributed by atoms with Crippen LogP contribution in [0.25, 0.3) is 0 Å². The fourth-order valence-electron chi connectivity index (χ4n) is 2.90. The van der Waals surface area contributed by atoms with E-state index in [1.54, 1.807) is 12.1 Å². The van der Waals surface area contributed by atoms with Gasteiger partial charge in [-0.1, -0.05) is 46.1 Å². The lowest BCUT2D eigenvalue weighted by Gasteiger charge is -2.26. The summed E-state index contributed by atoms with van der Waals surface area (Å²) in [6, 6.07) is 6.62. The average Bonchev–Trinajstić information content (AvgIpc) is 2.54. The number of benzene rings is 1. The molecule has 0 saturated heterocycles. The van der Waals surface area contributed by atoms with Gasteiger partial charge in [-0.05, 0) is 36.5 Å². The summed E-state index contributed by atoms with van der Waals surface area (Å²) in [5, 5.41) is 5.79. The number of carbonyl (C=O) groups is 2. The molecule has 1 saturated carbocycles. The Morgan fingerprint density at radius 3 is 2.20 bits per heavy atom. The number of halogens is 1. The highest BCUT2D eigenvalue weighted by Gasteiger charge is 2.27. The van der Waals surface area contributed by atoms with Gasteiger partial charge in [0.1, 0.15) is 0 Å². The Balaban J connectivity index is 0.00000312. The maximum atomic E-state index is 12.3. The third kappa shape index (κ3) is 6.33. The molecule has 2 rings (SSSR count). The highest BCUT2D eigenvalue weighted by Crippen LogP contribution is 2.26. The minimum atomic E-state index is -0.599. The predicted molar refractivity (Wildman–Crippen MR) is 105 cm³/mol. The first-order chi connectivity index (χ1) is 11.3. The Morgan fingerprint density at radius 1 is 1.08 bits per heavy atom. The zero-order chi connectivity index (χ0) is 17.7. The van der Waals surface area contributed by atoms with Crippen LogP contribution in [-0.2, 0) is 9.59 Å². The number of rotatable bonds is 4. The Hall–Kier alpha value is -1.59. The molecule has 1 aliphatic carbocycles. The zero-order valence-corrected chi connectivity index (χ0v) is 16.1. The predicted octanol–water partition coefficient (Wildman–Crippen LogP) is 3.94. The molecule has 25 heavy (non-hydrogen) atoms. The highest BCUT2D eigenvalue weighted by atomic mass is 35.5. The van der Waals surface area contributed by atoms with Crippen LogP contribution in [-0.4, -0.2) is 17.9 Å². The van der Waals surface area contributed by atoms with Crippen LogP contribution < -0.4 is 16.4 Å². The van der Waals surface area contributed by atoms with Crippen molar-refractivity contribution in [3.8, 4) is 0 Å². The number of carbonyl (C=O) groups excluding carboxylic acids is 2. The van der Waals surface area contributed by atoms with Crippen LogP contribution in [0.3, 0.4) is 0 Å². The van der Waals surface area contributed by atoms with Crippen molar-refractivity contribution in [2.45, 2.75) is 58.9 Å². The molecule has 0 unspecified atom stereocenters. The first-order valence-electron chi connectivity index (χ1n) is 8.75. The third-order valence-corrected chi connectivity index (χ3v) is 4.59. The smallest absolute Gasteiger partial charge is 0.241 e. The minimum absolute atomic E-state index is 0. The molecule has 6 heteroatoms. The van der Waals surface area contributed by atoms with Crippen LogP contribution in [0.1, 0.15) is 52.9 Å². The molecule has 0 bridgehead atoms. The molecule has 5 nitrogen and oxygen atoms in total. The van der Waals surface area contributed by atoms with E-state index in [1.807, 2.05) is 32.9 Å². The monoisotopic (exact) mass is 367 g/mol. The minimum Gasteiger partial charge on any atom is -0.326 e. The van der Waals surface area contributed by atoms with E-state index in [4.69, 9.17) is 5.73 Å². The summed E-state index contributed by atoms with van der Waals surface area (Å²) >= 11 is 0. The summed E-state index contributed by atoms with van der Waals surface area (Å²) in [7, 11) is 0. The first-order valence-corrected chi connectivity index (χ1v) is 8.75. The fourth-order valence-corrected chi connectivity index (χ4v) is 2.90. The molecule has 140 valence electrons. The van der Waals surface area contributed by atoms with E-state index in [1.165, 1.54) is 6.42 Å². The van der Waals surface area contributed by atoms with Gasteiger partial charge < -0.3 is 16.4 Å². The van der Waals surface area contributed by atoms with Gasteiger partial charge in [-0.2, -0.15) is 0 Å². The second-order valence-corrected chi connectivity index (χ2v) is 7.74. The van der Waals surface area contributed by atoms with Crippen molar-refractivity contribution in [1.29, 1.82) is 0 Å². The molecule has 1 atom stereocenters. The highest BCUT2D eigenvalue weighted by molar-refractivity contribution is 5.97. The van der Waals surface area contributed by atoms with E-state index in [-0.39, 0.29) is 35.6 Å². The van der Waals surface area contributed by atoms with Crippen LogP contribution in [0.5, 0.6) is 0 Å². The number of nitrogens with two attached hydrogens (primary N) is 1. The van der Waals surface area contributed by atoms with E-state index in [0.29, 0.717) is 11.4 Å². The largest absolute Gasteiger partial charge is 0.326 e. The van der Waals surface area contributed by atoms with E-state index < -0.39 is 6.04 Å². The van der Waals surface area contributed by atoms with Gasteiger partial charge in [0.15, 0.2) is 0 Å². The van der Waals surface area contributed by atoms with Gasteiger partial charge in [0.2, 0.25) is 11.8 Å². The fraction of sp³-hybridized carbons (Fsp3) is 0.579. The van der Waals surface area contributed by atoms with Crippen molar-refractivity contribution >= 4 is 35.6 Å². The molecular weight excluding hydrogens is 338 g/mol. The van der Waals surface area contributed by atoms with Crippen molar-refractivity contribution in [2.75, 3.05) is 10.6 Å². The summed E-state index contributed by atoms with van der Waals surface area (Å²) in [6.45, 7) is 5.79. The Labute approximate surface area is 156 Å². The van der Waals surface area contributed by atoms with Crippen molar-refractivity contribution in [1.82, 2.24) is 0 Å². The number of anilines is 2. The van der Waals surface area contributed by atoms with Crippen LogP contribution in [0.4, 0.5) is 11.4 Å². The van der Waals surface area contributed by atoms with Crippen molar-refractivity contribution < 1.29 is 9.59 Å². The van der Waals surface area contributed by atoms with Crippen LogP contribution in [0, 0.1) is 11.3 Å². The topological polar surface area (TPSA) is 84.2 Å². The van der Waals surface area contributed by atoms with E-state index in [9.17, 15) is 9.59 Å². The maximum absolute atomic E-state index is 12.3. The van der Waals surface area contributed by atoms with Crippen molar-refractivity contribution in [2.24, 2.45) is 17.1 Å². The molecule has 0 heterocycles. The van der Waals surface area contributed by atoms with Crippen LogP contribution in [0.15, 0.2) is 24.3 Å². The summed E-state index contributed by atoms with van der Waals surface area (Å²) < 4.78 is 0. The van der Waals surface area contributed by atoms with Crippen molar-refractivity contribution in [3.05, 3.63) is 24.3 Å². The quantitative estimate of drug-likeness (QED) is 0.753. The molecule has 1 aromatic rings. The Bertz CT molecular complexity index is 593. The van der Waals surface area contributed by atoms with Gasteiger partial charge >= 0.3 is 0 Å². The van der Waals surface area contributed by atoms with Gasteiger partial charge in [0.05, 0.1) is 6.04 Å². The number of hydrogen-bond donors (Lipinski definition) is 3. The van der Waals surface area contributed by atoms with E-state index in [0.717, 1.165) is 25.7 Å². The molecule has 1 aliphatic rings. The maximum Gasteiger partial charge on any atom is 0.241 e. The molecule has 0 spiro atoms. The van der Waals surface area contributed by atoms with Gasteiger partial charge in [0.25, 0.3) is 0 Å². The lowest BCUT2D eigenvalue weighted by molar-refractivity contribution is -0.121. The molecule has 2 amide bonds. The Kier molecular flexibility index (Phi) is 7.90. The molecule has 4 N–H and O–H groups in total. The molecule has 1 fully saturated rings. The normalized spacial score (nSPS) is 16.5. The molecular formula is C19H30ClN3O2. The standard InChI is InChI=1S/C19H29N3O2.ClH/c1-19(2,3)16(20)18(24)22-15-11-7-10-14(12-15)21-17(23)13-8-5-4-6-9-13;/h7,10-13,16H,4-6,8-9,20H2,1-3H3,(H,21,23)(H,22,24);1H/t16-;/m1./s1. The van der Waals surface area contributed by atoms with E-state index >= 15 is 0 Å². The van der Waals surface area contributed by atoms with Gasteiger partial charge in [0, 0.05) is 17.3 Å². The number of hydrogen-bond acceptors (Lipinski definition) is 3. The van der Waals surface area contributed by atoms with E-state index in [2.05, 4.69) is 10.6 Å². The second-order valence-electron chi connectivity index (χ2n) is 7.74. The lowest BCUT2D eigenvalue weighted by atomic mass is 9.87. The number of amides is 2. The lowest BCUT2D eigenvalue weighted by Crippen LogP contribution is -2.45. The molecule has 1 aromatic carbocycles. The molecule has 0 aliphatic heterocycles. The summed E-state index contributed by atoms with van der Waals surface area (Å²) in [5.41, 5.74) is 7.01. The molecule has 0 aromatic heterocycles. The summed E-state index contributed by atoms with van der Waals surface area (Å²) in [6.07, 6.45) is 5.39. The van der Waals surface area contributed by atoms with Crippen LogP contribution >= 0.6 is 12.4 Å².